The second-order valence-corrected chi connectivity index (χ2v) is 39.2. The zero-order valence-corrected chi connectivity index (χ0v) is 73.4. The zero-order chi connectivity index (χ0) is 79.9. The summed E-state index contributed by atoms with van der Waals surface area (Å²) in [6, 6.07) is 0. The highest BCUT2D eigenvalue weighted by atomic mass is 16.1. The van der Waals surface area contributed by atoms with Gasteiger partial charge < -0.3 is 0 Å². The molecule has 0 amide bonds. The average Bonchev–Trinajstić information content (AvgIpc) is 0.793. The maximum atomic E-state index is 14.8. The highest BCUT2D eigenvalue weighted by Crippen LogP contribution is 2.57. The summed E-state index contributed by atoms with van der Waals surface area (Å²) in [5.74, 6) is 1.80. The number of carbonyl (C=O) groups excluding carboxylic acids is 6. The molecule has 6 aliphatic carbocycles. The minimum atomic E-state index is -0.221. The summed E-state index contributed by atoms with van der Waals surface area (Å²) in [5.41, 5.74) is 15.6. The van der Waals surface area contributed by atoms with Gasteiger partial charge in [-0.2, -0.15) is 0 Å². The fourth-order valence-electron chi connectivity index (χ4n) is 23.5. The van der Waals surface area contributed by atoms with Crippen LogP contribution in [0.4, 0.5) is 0 Å². The quantitative estimate of drug-likeness (QED) is 0.0451. The highest BCUT2D eigenvalue weighted by Gasteiger charge is 2.48. The van der Waals surface area contributed by atoms with Crippen molar-refractivity contribution in [3.05, 3.63) is 140 Å². The Kier molecular flexibility index (Phi) is 33.4. The van der Waals surface area contributed by atoms with Crippen molar-refractivity contribution in [1.29, 1.82) is 0 Å². The molecule has 0 aromatic heterocycles. The summed E-state index contributed by atoms with van der Waals surface area (Å²) >= 11 is 0. The van der Waals surface area contributed by atoms with E-state index < -0.39 is 0 Å². The minimum absolute atomic E-state index is 0.126. The molecule has 6 nitrogen and oxygen atoms in total. The van der Waals surface area contributed by atoms with E-state index in [2.05, 4.69) is 138 Å². The van der Waals surface area contributed by atoms with E-state index in [1.165, 1.54) is 66.9 Å². The Balaban J connectivity index is 1.58. The van der Waals surface area contributed by atoms with E-state index in [4.69, 9.17) is 0 Å². The van der Waals surface area contributed by atoms with Crippen LogP contribution in [0.5, 0.6) is 0 Å². The van der Waals surface area contributed by atoms with Crippen molar-refractivity contribution in [2.75, 3.05) is 0 Å². The second kappa shape index (κ2) is 39.4. The van der Waals surface area contributed by atoms with Crippen LogP contribution in [-0.4, -0.2) is 34.7 Å². The van der Waals surface area contributed by atoms with Crippen molar-refractivity contribution in [1.82, 2.24) is 0 Å². The third-order valence-corrected chi connectivity index (χ3v) is 29.1. The molecular formula is C101H156O6. The lowest BCUT2D eigenvalue weighted by Crippen LogP contribution is -2.37. The molecule has 0 aromatic carbocycles. The molecule has 12 unspecified atom stereocenters. The van der Waals surface area contributed by atoms with Gasteiger partial charge in [0, 0.05) is 35.5 Å². The molecule has 0 bridgehead atoms. The van der Waals surface area contributed by atoms with E-state index in [0.29, 0.717) is 11.8 Å². The van der Waals surface area contributed by atoms with Crippen molar-refractivity contribution in [3.63, 3.8) is 0 Å². The van der Waals surface area contributed by atoms with Crippen molar-refractivity contribution < 1.29 is 28.8 Å². The second-order valence-electron chi connectivity index (χ2n) is 39.2. The van der Waals surface area contributed by atoms with Gasteiger partial charge in [0.25, 0.3) is 0 Å². The molecule has 0 aromatic rings. The zero-order valence-electron chi connectivity index (χ0n) is 73.4. The van der Waals surface area contributed by atoms with Crippen molar-refractivity contribution in [2.24, 2.45) is 104 Å². The average molecular weight is 1470 g/mol. The summed E-state index contributed by atoms with van der Waals surface area (Å²) in [6.07, 6.45) is 49.6. The van der Waals surface area contributed by atoms with Crippen molar-refractivity contribution in [2.45, 2.75) is 353 Å². The number of ketones is 6. The number of hydrogen-bond acceptors (Lipinski definition) is 6. The van der Waals surface area contributed by atoms with Crippen molar-refractivity contribution in [3.8, 4) is 0 Å². The monoisotopic (exact) mass is 1470 g/mol. The van der Waals surface area contributed by atoms with Gasteiger partial charge in [-0.1, -0.05) is 220 Å². The molecule has 0 spiro atoms. The first-order valence-electron chi connectivity index (χ1n) is 43.4. The fourth-order valence-corrected chi connectivity index (χ4v) is 23.5. The van der Waals surface area contributed by atoms with Crippen LogP contribution in [0.25, 0.3) is 0 Å². The van der Waals surface area contributed by atoms with Gasteiger partial charge in [0.05, 0.1) is 0 Å². The molecule has 0 aliphatic heterocycles. The van der Waals surface area contributed by atoms with Crippen LogP contribution in [0, 0.1) is 104 Å². The lowest BCUT2D eigenvalue weighted by Gasteiger charge is -2.44. The topological polar surface area (TPSA) is 102 Å². The Morgan fingerprint density at radius 2 is 0.411 bits per heavy atom. The summed E-state index contributed by atoms with van der Waals surface area (Å²) in [4.78, 5) is 87.0. The number of carbonyl (C=O) groups is 6. The van der Waals surface area contributed by atoms with Gasteiger partial charge in [0.2, 0.25) is 0 Å². The van der Waals surface area contributed by atoms with Crippen LogP contribution >= 0.6 is 0 Å². The van der Waals surface area contributed by atoms with Gasteiger partial charge in [-0.3, -0.25) is 28.8 Å². The summed E-state index contributed by atoms with van der Waals surface area (Å²) in [6.45, 7) is 58.0. The summed E-state index contributed by atoms with van der Waals surface area (Å²) in [5, 5.41) is 0. The molecular weight excluding hydrogens is 1310 g/mol. The SMILES string of the molecule is C/C=C/C(=O)C1C(C)=C(C(CCC)CCC(CCC(CCC(CCC(CCC(CCCC)C2=C(C)C(C(=O)/C=C/C)C(C)(C)CC2)C2=C(C)C(C(=O)/C=C/C)C(C)(C)CC2)C2=C(C)C(C(=O)/C=C/C)C(C)(C)CC2)C2=C(C)C(C(=O)/C=C/C)C(C)(C)CC2)C2=C(C)C(C(=O)/C=C/C)C(C)(C)CC2)CCC1(C)C. The van der Waals surface area contributed by atoms with Crippen LogP contribution in [0.2, 0.25) is 0 Å². The van der Waals surface area contributed by atoms with Crippen LogP contribution in [0.1, 0.15) is 353 Å². The van der Waals surface area contributed by atoms with Crippen LogP contribution in [-0.2, 0) is 28.8 Å². The largest absolute Gasteiger partial charge is 0.294 e. The molecule has 0 fully saturated rings. The fraction of sp³-hybridized carbons (Fsp3) is 0.703. The number of allylic oxidation sites excluding steroid dienone is 24. The first-order chi connectivity index (χ1) is 50.2. The van der Waals surface area contributed by atoms with Gasteiger partial charge in [0.15, 0.2) is 34.7 Å². The number of unbranched alkanes of at least 4 members (excludes halogenated alkanes) is 1. The Morgan fingerprint density at radius 3 is 0.551 bits per heavy atom. The van der Waals surface area contributed by atoms with Crippen LogP contribution in [0.3, 0.4) is 0 Å². The molecule has 6 heteroatoms. The molecule has 0 saturated heterocycles. The molecule has 6 aliphatic rings. The van der Waals surface area contributed by atoms with Crippen LogP contribution < -0.4 is 0 Å². The van der Waals surface area contributed by atoms with E-state index >= 15 is 0 Å². The van der Waals surface area contributed by atoms with E-state index in [0.717, 1.165) is 173 Å². The summed E-state index contributed by atoms with van der Waals surface area (Å²) in [7, 11) is 0. The van der Waals surface area contributed by atoms with E-state index in [-0.39, 0.29) is 126 Å². The molecule has 0 saturated carbocycles. The molecule has 0 heterocycles. The standard InChI is InChI=1S/C101H156O6/c1-27-35-43-73(79-55-61-97(17,18)91(67(79)10)85(103)38-30-4)45-47-75(81-57-63-99(21,22)93(69(81)12)87(105)40-32-6)49-51-77(83-59-65-101(25,26)95(71(83)14)89(107)42-34-8)53-52-76(82-58-64-100(23,24)94(70(82)13)88(106)41-33-7)50-48-74(80-56-62-98(19,20)92(68(80)11)86(104)39-31-5)46-44-72(36-28-2)78-54-60-96(15,16)90(66(78)9)84(102)37-29-3/h29-34,37-42,72-77,90-95H,27-28,35-36,43-65H2,1-26H3/b37-29+,38-30+,39-31+,40-32+,41-33+,42-34+. The Labute approximate surface area is 656 Å². The van der Waals surface area contributed by atoms with Gasteiger partial charge in [-0.15, -0.1) is 0 Å². The van der Waals surface area contributed by atoms with Gasteiger partial charge in [-0.05, 0) is 342 Å². The number of rotatable bonds is 38. The third-order valence-electron chi connectivity index (χ3n) is 29.1. The van der Waals surface area contributed by atoms with E-state index in [1.54, 1.807) is 0 Å². The molecule has 0 N–H and O–H groups in total. The first-order valence-corrected chi connectivity index (χ1v) is 43.4. The maximum absolute atomic E-state index is 14.8. The summed E-state index contributed by atoms with van der Waals surface area (Å²) < 4.78 is 0. The smallest absolute Gasteiger partial charge is 0.162 e. The molecule has 0 radical (unpaired) electrons. The first kappa shape index (κ1) is 90.8. The van der Waals surface area contributed by atoms with E-state index in [1.807, 2.05) is 114 Å². The predicted octanol–water partition coefficient (Wildman–Crippen LogP) is 28.0. The third kappa shape index (κ3) is 21.8. The number of hydrogen-bond donors (Lipinski definition) is 0. The molecule has 107 heavy (non-hydrogen) atoms. The lowest BCUT2D eigenvalue weighted by atomic mass is 9.60. The van der Waals surface area contributed by atoms with Crippen molar-refractivity contribution >= 4 is 34.7 Å². The lowest BCUT2D eigenvalue weighted by molar-refractivity contribution is -0.121. The Hall–Kier alpha value is -5.10. The van der Waals surface area contributed by atoms with Gasteiger partial charge in [0.1, 0.15) is 0 Å². The molecule has 12 atom stereocenters. The Morgan fingerprint density at radius 1 is 0.262 bits per heavy atom. The minimum Gasteiger partial charge on any atom is -0.294 e. The molecule has 6 rings (SSSR count). The maximum Gasteiger partial charge on any atom is 0.162 e. The van der Waals surface area contributed by atoms with Gasteiger partial charge in [-0.25, -0.2) is 0 Å². The normalized spacial score (nSPS) is 26.5. The van der Waals surface area contributed by atoms with Gasteiger partial charge >= 0.3 is 0 Å². The predicted molar refractivity (Wildman–Crippen MR) is 456 cm³/mol. The van der Waals surface area contributed by atoms with E-state index in [9.17, 15) is 28.8 Å². The molecule has 596 valence electrons. The Bertz CT molecular complexity index is 3540. The van der Waals surface area contributed by atoms with Crippen LogP contribution in [0.15, 0.2) is 140 Å². The highest BCUT2D eigenvalue weighted by molar-refractivity contribution is 5.97.